The van der Waals surface area contributed by atoms with Gasteiger partial charge in [-0.15, -0.1) is 0 Å². The number of unbranched alkanes of at least 4 members (excludes halogenated alkanes) is 1. The predicted molar refractivity (Wildman–Crippen MR) is 91.9 cm³/mol. The van der Waals surface area contributed by atoms with Gasteiger partial charge in [-0.3, -0.25) is 16.1 Å². The molecule has 0 bridgehead atoms. The van der Waals surface area contributed by atoms with Crippen molar-refractivity contribution in [3.8, 4) is 0 Å². The fourth-order valence-corrected chi connectivity index (χ4v) is 0.569. The van der Waals surface area contributed by atoms with Crippen LogP contribution in [0.2, 0.25) is 0 Å². The number of carboxylic acids is 2. The first-order chi connectivity index (χ1) is 10.4. The van der Waals surface area contributed by atoms with E-state index in [2.05, 4.69) is 17.6 Å². The molecule has 0 spiro atoms. The molecule has 13 heteroatoms. The Morgan fingerprint density at radius 3 is 1.65 bits per heavy atom. The monoisotopic (exact) mass is 413 g/mol. The van der Waals surface area contributed by atoms with Crippen molar-refractivity contribution in [2.45, 2.75) is 29.4 Å². The molecule has 0 aromatic rings. The van der Waals surface area contributed by atoms with Gasteiger partial charge in [0.25, 0.3) is 0 Å². The van der Waals surface area contributed by atoms with E-state index >= 15 is 0 Å². The highest BCUT2D eigenvalue weighted by molar-refractivity contribution is 6.53. The van der Waals surface area contributed by atoms with Crippen LogP contribution in [0.5, 0.6) is 0 Å². The molecule has 0 fully saturated rings. The second-order valence-corrected chi connectivity index (χ2v) is 5.66. The molecule has 0 saturated carbocycles. The molecule has 0 aliphatic rings. The molecule has 0 amide bonds. The van der Waals surface area contributed by atoms with Crippen molar-refractivity contribution in [3.63, 3.8) is 0 Å². The molecule has 0 radical (unpaired) electrons. The average Bonchev–Trinajstić information content (AvgIpc) is 2.39. The number of rotatable bonds is 5. The summed E-state index contributed by atoms with van der Waals surface area (Å²) in [5.41, 5.74) is 4.99. The fraction of sp³-hybridized carbons (Fsp3) is 0.600. The summed E-state index contributed by atoms with van der Waals surface area (Å²) in [4.78, 5) is 16.3. The van der Waals surface area contributed by atoms with Gasteiger partial charge in [-0.2, -0.15) is 0 Å². The molecular weight excluding hydrogens is 396 g/mol. The standard InChI is InChI=1S/C6H15N5.2C2H2Cl2O2/c1-2-3-4-10-6(9)11-5(7)8;2*3-1(4)2(5)6/h2-4H2,1H3,(H6,7,8,9,10,11);2*1H,(H,5,6). The lowest BCUT2D eigenvalue weighted by Crippen LogP contribution is -2.43. The predicted octanol–water partition coefficient (Wildman–Crippen LogP) is 1.54. The number of nitrogens with two attached hydrogens (primary N) is 1. The number of alkyl halides is 4. The van der Waals surface area contributed by atoms with Crippen LogP contribution in [-0.4, -0.2) is 50.3 Å². The largest absolute Gasteiger partial charge is 0.479 e. The van der Waals surface area contributed by atoms with Gasteiger partial charge in [0.2, 0.25) is 9.67 Å². The maximum atomic E-state index is 9.44. The van der Waals surface area contributed by atoms with E-state index in [1.54, 1.807) is 0 Å². The minimum atomic E-state index is -1.29. The first-order valence-corrected chi connectivity index (χ1v) is 7.65. The van der Waals surface area contributed by atoms with Crippen molar-refractivity contribution in [1.29, 1.82) is 10.8 Å². The lowest BCUT2D eigenvalue weighted by atomic mass is 10.3. The highest BCUT2D eigenvalue weighted by Crippen LogP contribution is 1.99. The summed E-state index contributed by atoms with van der Waals surface area (Å²) < 4.78 is 0. The molecule has 0 saturated heterocycles. The summed E-state index contributed by atoms with van der Waals surface area (Å²) >= 11 is 19.1. The first-order valence-electron chi connectivity index (χ1n) is 5.91. The molecule has 9 nitrogen and oxygen atoms in total. The van der Waals surface area contributed by atoms with Crippen LogP contribution in [0.4, 0.5) is 0 Å². The third-order valence-electron chi connectivity index (χ3n) is 1.47. The minimum absolute atomic E-state index is 0.0888. The molecule has 8 N–H and O–H groups in total. The molecular formula is C10H19Cl4N5O4. The van der Waals surface area contributed by atoms with Gasteiger partial charge in [0.1, 0.15) is 0 Å². The van der Waals surface area contributed by atoms with Gasteiger partial charge in [0, 0.05) is 6.54 Å². The van der Waals surface area contributed by atoms with Crippen LogP contribution in [0.15, 0.2) is 0 Å². The second-order valence-electron chi connectivity index (χ2n) is 3.47. The number of guanidine groups is 2. The van der Waals surface area contributed by atoms with E-state index in [1.165, 1.54) is 0 Å². The summed E-state index contributed by atoms with van der Waals surface area (Å²) in [6.07, 6.45) is 2.10. The Morgan fingerprint density at radius 1 is 1.09 bits per heavy atom. The van der Waals surface area contributed by atoms with E-state index in [-0.39, 0.29) is 11.9 Å². The Kier molecular flexibility index (Phi) is 20.0. The molecule has 0 rings (SSSR count). The van der Waals surface area contributed by atoms with Crippen LogP contribution in [0.3, 0.4) is 0 Å². The Bertz CT molecular complexity index is 364. The number of carboxylic acid groups (broad SMARTS) is 2. The summed E-state index contributed by atoms with van der Waals surface area (Å²) in [5, 5.41) is 34.5. The Hall–Kier alpha value is -1.16. The van der Waals surface area contributed by atoms with E-state index in [9.17, 15) is 9.59 Å². The zero-order valence-electron chi connectivity index (χ0n) is 12.1. The number of hydrogen-bond donors (Lipinski definition) is 7. The zero-order valence-corrected chi connectivity index (χ0v) is 15.1. The van der Waals surface area contributed by atoms with Gasteiger partial charge >= 0.3 is 11.9 Å². The van der Waals surface area contributed by atoms with Crippen molar-refractivity contribution in [2.75, 3.05) is 6.54 Å². The number of aliphatic carboxylic acids is 2. The van der Waals surface area contributed by atoms with Crippen molar-refractivity contribution < 1.29 is 19.8 Å². The molecule has 0 unspecified atom stereocenters. The molecule has 136 valence electrons. The molecule has 0 aliphatic carbocycles. The quantitative estimate of drug-likeness (QED) is 0.154. The van der Waals surface area contributed by atoms with Gasteiger partial charge in [-0.25, -0.2) is 9.59 Å². The van der Waals surface area contributed by atoms with E-state index in [0.29, 0.717) is 0 Å². The van der Waals surface area contributed by atoms with Crippen LogP contribution >= 0.6 is 46.4 Å². The molecule has 0 atom stereocenters. The molecule has 0 aromatic carbocycles. The van der Waals surface area contributed by atoms with E-state index in [0.717, 1.165) is 19.4 Å². The van der Waals surface area contributed by atoms with E-state index in [4.69, 9.17) is 73.2 Å². The average molecular weight is 415 g/mol. The zero-order chi connectivity index (χ0) is 19.0. The highest BCUT2D eigenvalue weighted by Gasteiger charge is 2.06. The summed E-state index contributed by atoms with van der Waals surface area (Å²) in [5.74, 6) is -2.54. The summed E-state index contributed by atoms with van der Waals surface area (Å²) in [6.45, 7) is 2.82. The SMILES string of the molecule is CCCCNC(=N)NC(=N)N.O=C(O)C(Cl)Cl.O=C(O)C(Cl)Cl. The smallest absolute Gasteiger partial charge is 0.337 e. The van der Waals surface area contributed by atoms with Crippen LogP contribution in [0.25, 0.3) is 0 Å². The number of halogens is 4. The lowest BCUT2D eigenvalue weighted by Gasteiger charge is -2.06. The van der Waals surface area contributed by atoms with Gasteiger partial charge in [-0.1, -0.05) is 59.7 Å². The van der Waals surface area contributed by atoms with E-state index in [1.807, 2.05) is 0 Å². The summed E-state index contributed by atoms with van der Waals surface area (Å²) in [6, 6.07) is 0. The van der Waals surface area contributed by atoms with E-state index < -0.39 is 21.6 Å². The van der Waals surface area contributed by atoms with Crippen molar-refractivity contribution in [2.24, 2.45) is 5.73 Å². The molecule has 0 aromatic heterocycles. The Morgan fingerprint density at radius 2 is 1.43 bits per heavy atom. The van der Waals surface area contributed by atoms with Crippen molar-refractivity contribution in [3.05, 3.63) is 0 Å². The number of nitrogens with one attached hydrogen (secondary N) is 4. The maximum Gasteiger partial charge on any atom is 0.337 e. The summed E-state index contributed by atoms with van der Waals surface area (Å²) in [7, 11) is 0. The van der Waals surface area contributed by atoms with Gasteiger partial charge in [0.05, 0.1) is 0 Å². The van der Waals surface area contributed by atoms with Crippen LogP contribution in [0.1, 0.15) is 19.8 Å². The van der Waals surface area contributed by atoms with Gasteiger partial charge < -0.3 is 21.3 Å². The second kappa shape index (κ2) is 17.2. The Labute approximate surface area is 153 Å². The molecule has 0 heterocycles. The van der Waals surface area contributed by atoms with Crippen LogP contribution in [0, 0.1) is 10.8 Å². The minimum Gasteiger partial charge on any atom is -0.479 e. The van der Waals surface area contributed by atoms with Gasteiger partial charge in [-0.05, 0) is 6.42 Å². The third-order valence-corrected chi connectivity index (χ3v) is 2.21. The van der Waals surface area contributed by atoms with Gasteiger partial charge in [0.15, 0.2) is 11.9 Å². The topological polar surface area (TPSA) is 172 Å². The van der Waals surface area contributed by atoms with Crippen LogP contribution < -0.4 is 16.4 Å². The Balaban J connectivity index is -0.000000284. The third kappa shape index (κ3) is 29.5. The molecule has 0 aliphatic heterocycles. The maximum absolute atomic E-state index is 9.44. The molecule has 23 heavy (non-hydrogen) atoms. The fourth-order valence-electron chi connectivity index (χ4n) is 0.569. The first kappa shape index (κ1) is 26.7. The van der Waals surface area contributed by atoms with Crippen molar-refractivity contribution in [1.82, 2.24) is 10.6 Å². The normalized spacial score (nSPS) is 9.00. The number of carbonyl (C=O) groups is 2. The lowest BCUT2D eigenvalue weighted by molar-refractivity contribution is -0.136. The van der Waals surface area contributed by atoms with Crippen LogP contribution in [-0.2, 0) is 9.59 Å². The highest BCUT2D eigenvalue weighted by atomic mass is 35.5. The van der Waals surface area contributed by atoms with Crippen molar-refractivity contribution >= 4 is 70.3 Å². The number of hydrogen-bond acceptors (Lipinski definition) is 4.